The summed E-state index contributed by atoms with van der Waals surface area (Å²) in [6.45, 7) is 0. The first-order valence-electron chi connectivity index (χ1n) is 5.68. The van der Waals surface area contributed by atoms with E-state index in [1.54, 1.807) is 6.07 Å². The van der Waals surface area contributed by atoms with Gasteiger partial charge in [-0.3, -0.25) is 0 Å². The Morgan fingerprint density at radius 2 is 1.95 bits per heavy atom. The van der Waals surface area contributed by atoms with Gasteiger partial charge in [0, 0.05) is 16.5 Å². The summed E-state index contributed by atoms with van der Waals surface area (Å²) in [6.07, 6.45) is 0. The van der Waals surface area contributed by atoms with Crippen molar-refractivity contribution in [2.24, 2.45) is 0 Å². The van der Waals surface area contributed by atoms with Crippen LogP contribution in [0.4, 0.5) is 4.39 Å². The van der Waals surface area contributed by atoms with E-state index >= 15 is 0 Å². The fraction of sp³-hybridized carbons (Fsp3) is 0.0714. The van der Waals surface area contributed by atoms with Gasteiger partial charge in [0.15, 0.2) is 0 Å². The van der Waals surface area contributed by atoms with Crippen LogP contribution in [-0.2, 0) is 5.33 Å². The normalized spacial score (nSPS) is 11.1. The number of nitrogens with zero attached hydrogens (tertiary/aromatic N) is 1. The van der Waals surface area contributed by atoms with Crippen molar-refractivity contribution < 1.29 is 4.39 Å². The molecular formula is C14H9Br2FN2. The molecule has 19 heavy (non-hydrogen) atoms. The lowest BCUT2D eigenvalue weighted by atomic mass is 10.1. The molecule has 0 aliphatic rings. The minimum atomic E-state index is -0.255. The third kappa shape index (κ3) is 2.21. The SMILES string of the molecule is Fc1c(Br)ccc(-c2nc3ccccc3[nH]2)c1CBr. The van der Waals surface area contributed by atoms with E-state index in [1.807, 2.05) is 30.3 Å². The minimum absolute atomic E-state index is 0.255. The number of benzene rings is 2. The molecule has 1 N–H and O–H groups in total. The molecule has 0 bridgehead atoms. The second kappa shape index (κ2) is 5.06. The van der Waals surface area contributed by atoms with Crippen LogP contribution in [0, 0.1) is 5.82 Å². The van der Waals surface area contributed by atoms with Crippen molar-refractivity contribution in [2.75, 3.05) is 0 Å². The summed E-state index contributed by atoms with van der Waals surface area (Å²) in [7, 11) is 0. The summed E-state index contributed by atoms with van der Waals surface area (Å²) in [4.78, 5) is 7.72. The van der Waals surface area contributed by atoms with Crippen molar-refractivity contribution in [1.29, 1.82) is 0 Å². The molecule has 0 aliphatic carbocycles. The Hall–Kier alpha value is -1.20. The lowest BCUT2D eigenvalue weighted by molar-refractivity contribution is 0.611. The van der Waals surface area contributed by atoms with Gasteiger partial charge in [-0.05, 0) is 40.2 Å². The van der Waals surface area contributed by atoms with Crippen molar-refractivity contribution >= 4 is 42.9 Å². The topological polar surface area (TPSA) is 28.7 Å². The smallest absolute Gasteiger partial charge is 0.142 e. The van der Waals surface area contributed by atoms with Crippen LogP contribution in [0.5, 0.6) is 0 Å². The van der Waals surface area contributed by atoms with Crippen LogP contribution in [0.25, 0.3) is 22.4 Å². The number of aromatic nitrogens is 2. The molecule has 3 rings (SSSR count). The number of halogens is 3. The van der Waals surface area contributed by atoms with Crippen LogP contribution in [0.1, 0.15) is 5.56 Å². The molecule has 3 aromatic rings. The standard InChI is InChI=1S/C14H9Br2FN2/c15-7-9-8(5-6-10(16)13(9)17)14-18-11-3-1-2-4-12(11)19-14/h1-6H,7H2,(H,18,19). The number of alkyl halides is 1. The highest BCUT2D eigenvalue weighted by Crippen LogP contribution is 2.31. The molecule has 1 aromatic heterocycles. The lowest BCUT2D eigenvalue weighted by Gasteiger charge is -2.07. The zero-order valence-electron chi connectivity index (χ0n) is 9.75. The molecule has 0 unspecified atom stereocenters. The number of fused-ring (bicyclic) bond motifs is 1. The highest BCUT2D eigenvalue weighted by Gasteiger charge is 2.15. The van der Waals surface area contributed by atoms with E-state index < -0.39 is 0 Å². The monoisotopic (exact) mass is 382 g/mol. The van der Waals surface area contributed by atoms with Crippen LogP contribution in [0.15, 0.2) is 40.9 Å². The van der Waals surface area contributed by atoms with E-state index in [2.05, 4.69) is 41.8 Å². The Morgan fingerprint density at radius 1 is 1.16 bits per heavy atom. The van der Waals surface area contributed by atoms with Crippen molar-refractivity contribution in [3.8, 4) is 11.4 Å². The molecular weight excluding hydrogens is 375 g/mol. The summed E-state index contributed by atoms with van der Waals surface area (Å²) in [5.41, 5.74) is 3.19. The van der Waals surface area contributed by atoms with Gasteiger partial charge >= 0.3 is 0 Å². The predicted molar refractivity (Wildman–Crippen MR) is 81.8 cm³/mol. The van der Waals surface area contributed by atoms with Gasteiger partial charge in [0.05, 0.1) is 15.5 Å². The van der Waals surface area contributed by atoms with Crippen molar-refractivity contribution in [2.45, 2.75) is 5.33 Å². The third-order valence-corrected chi connectivity index (χ3v) is 4.15. The number of H-pyrrole nitrogens is 1. The first kappa shape index (κ1) is 12.8. The molecule has 5 heteroatoms. The van der Waals surface area contributed by atoms with Gasteiger partial charge in [-0.25, -0.2) is 9.37 Å². The van der Waals surface area contributed by atoms with E-state index in [4.69, 9.17) is 0 Å². The molecule has 0 saturated heterocycles. The average molecular weight is 384 g/mol. The maximum Gasteiger partial charge on any atom is 0.142 e. The molecule has 1 heterocycles. The van der Waals surface area contributed by atoms with Crippen LogP contribution >= 0.6 is 31.9 Å². The molecule has 2 aromatic carbocycles. The third-order valence-electron chi connectivity index (χ3n) is 2.97. The Balaban J connectivity index is 2.23. The molecule has 0 atom stereocenters. The summed E-state index contributed by atoms with van der Waals surface area (Å²) < 4.78 is 14.5. The first-order chi connectivity index (χ1) is 9.20. The molecule has 96 valence electrons. The molecule has 0 radical (unpaired) electrons. The highest BCUT2D eigenvalue weighted by molar-refractivity contribution is 9.10. The molecule has 0 saturated carbocycles. The minimum Gasteiger partial charge on any atom is -0.338 e. The summed E-state index contributed by atoms with van der Waals surface area (Å²) in [5, 5.41) is 0.435. The van der Waals surface area contributed by atoms with Gasteiger partial charge in [-0.2, -0.15) is 0 Å². The fourth-order valence-electron chi connectivity index (χ4n) is 2.03. The van der Waals surface area contributed by atoms with Crippen LogP contribution in [0.2, 0.25) is 0 Å². The number of hydrogen-bond acceptors (Lipinski definition) is 1. The molecule has 0 spiro atoms. The average Bonchev–Trinajstić information content (AvgIpc) is 2.85. The molecule has 2 nitrogen and oxygen atoms in total. The zero-order chi connectivity index (χ0) is 13.4. The molecule has 0 aliphatic heterocycles. The van der Waals surface area contributed by atoms with Crippen LogP contribution in [0.3, 0.4) is 0 Å². The summed E-state index contributed by atoms with van der Waals surface area (Å²) >= 11 is 6.53. The number of imidazole rings is 1. The Kier molecular flexibility index (Phi) is 3.41. The second-order valence-electron chi connectivity index (χ2n) is 4.12. The van der Waals surface area contributed by atoms with Crippen LogP contribution in [-0.4, -0.2) is 9.97 Å². The predicted octanol–water partition coefficient (Wildman–Crippen LogP) is 5.03. The zero-order valence-corrected chi connectivity index (χ0v) is 12.9. The van der Waals surface area contributed by atoms with Gasteiger partial charge in [-0.15, -0.1) is 0 Å². The Morgan fingerprint density at radius 3 is 2.68 bits per heavy atom. The Labute approximate surface area is 126 Å². The van der Waals surface area contributed by atoms with Gasteiger partial charge in [0.2, 0.25) is 0 Å². The maximum atomic E-state index is 14.1. The second-order valence-corrected chi connectivity index (χ2v) is 5.54. The quantitative estimate of drug-likeness (QED) is 0.618. The van der Waals surface area contributed by atoms with Gasteiger partial charge < -0.3 is 4.98 Å². The van der Waals surface area contributed by atoms with E-state index in [1.165, 1.54) is 0 Å². The summed E-state index contributed by atoms with van der Waals surface area (Å²) in [6, 6.07) is 11.3. The number of rotatable bonds is 2. The fourth-order valence-corrected chi connectivity index (χ4v) is 2.95. The van der Waals surface area contributed by atoms with Gasteiger partial charge in [-0.1, -0.05) is 28.1 Å². The number of para-hydroxylation sites is 2. The molecule has 0 amide bonds. The number of hydrogen-bond donors (Lipinski definition) is 1. The number of aromatic amines is 1. The van der Waals surface area contributed by atoms with E-state index in [0.29, 0.717) is 21.2 Å². The van der Waals surface area contributed by atoms with Gasteiger partial charge in [0.25, 0.3) is 0 Å². The summed E-state index contributed by atoms with van der Waals surface area (Å²) in [5.74, 6) is 0.428. The Bertz CT molecular complexity index is 719. The lowest BCUT2D eigenvalue weighted by Crippen LogP contribution is -1.94. The number of nitrogens with one attached hydrogen (secondary N) is 1. The first-order valence-corrected chi connectivity index (χ1v) is 7.60. The van der Waals surface area contributed by atoms with Gasteiger partial charge in [0.1, 0.15) is 11.6 Å². The van der Waals surface area contributed by atoms with E-state index in [0.717, 1.165) is 16.6 Å². The van der Waals surface area contributed by atoms with Crippen LogP contribution < -0.4 is 0 Å². The molecule has 0 fully saturated rings. The van der Waals surface area contributed by atoms with E-state index in [9.17, 15) is 4.39 Å². The van der Waals surface area contributed by atoms with Crippen molar-refractivity contribution in [3.63, 3.8) is 0 Å². The maximum absolute atomic E-state index is 14.1. The largest absolute Gasteiger partial charge is 0.338 e. The van der Waals surface area contributed by atoms with Crippen molar-refractivity contribution in [3.05, 3.63) is 52.3 Å². The highest BCUT2D eigenvalue weighted by atomic mass is 79.9. The van der Waals surface area contributed by atoms with E-state index in [-0.39, 0.29) is 5.82 Å². The van der Waals surface area contributed by atoms with Crippen molar-refractivity contribution in [1.82, 2.24) is 9.97 Å².